The van der Waals surface area contributed by atoms with Gasteiger partial charge in [-0.15, -0.1) is 0 Å². The molecule has 4 rings (SSSR count). The Morgan fingerprint density at radius 2 is 1.92 bits per heavy atom. The minimum absolute atomic E-state index is 0.167. The highest BCUT2D eigenvalue weighted by atomic mass is 127. The maximum atomic E-state index is 4.03. The minimum atomic E-state index is 0.167. The number of aryl methyl sites for hydroxylation is 1. The first-order valence-electron chi connectivity index (χ1n) is 8.87. The summed E-state index contributed by atoms with van der Waals surface area (Å²) in [5.74, 6) is 0.589. The first-order valence-corrected chi connectivity index (χ1v) is 9.95. The van der Waals surface area contributed by atoms with Gasteiger partial charge in [-0.1, -0.05) is 69.0 Å². The highest BCUT2D eigenvalue weighted by Gasteiger charge is 2.43. The van der Waals surface area contributed by atoms with Crippen LogP contribution in [0.3, 0.4) is 0 Å². The predicted octanol–water partition coefficient (Wildman–Crippen LogP) is 7.32. The molecule has 0 saturated carbocycles. The fourth-order valence-electron chi connectivity index (χ4n) is 4.48. The standard InChI is InChI=1S/C24H23I/c1-5-18-15(2)7-6-8-19(18)16-9-11-20-21-12-10-17(25)14-23(21)24(3,4)22(20)13-16/h5-13,23H,1,14H2,2-4H3. The van der Waals surface area contributed by atoms with Gasteiger partial charge in [-0.2, -0.15) is 0 Å². The van der Waals surface area contributed by atoms with E-state index in [0.717, 1.165) is 6.42 Å². The average Bonchev–Trinajstić information content (AvgIpc) is 2.82. The van der Waals surface area contributed by atoms with E-state index in [-0.39, 0.29) is 5.41 Å². The number of halogens is 1. The van der Waals surface area contributed by atoms with E-state index in [1.54, 1.807) is 0 Å². The van der Waals surface area contributed by atoms with Crippen LogP contribution in [0.25, 0.3) is 22.8 Å². The fraction of sp³-hybridized carbons (Fsp3) is 0.250. The molecule has 25 heavy (non-hydrogen) atoms. The van der Waals surface area contributed by atoms with Gasteiger partial charge in [0.2, 0.25) is 0 Å². The van der Waals surface area contributed by atoms with Gasteiger partial charge in [-0.05, 0) is 95.9 Å². The molecule has 0 spiro atoms. The number of hydrogen-bond donors (Lipinski definition) is 0. The van der Waals surface area contributed by atoms with Gasteiger partial charge in [0.25, 0.3) is 0 Å². The molecular weight excluding hydrogens is 415 g/mol. The van der Waals surface area contributed by atoms with E-state index in [4.69, 9.17) is 0 Å². The largest absolute Gasteiger partial charge is 0.0984 e. The Morgan fingerprint density at radius 1 is 1.12 bits per heavy atom. The second kappa shape index (κ2) is 5.98. The Bertz CT molecular complexity index is 941. The lowest BCUT2D eigenvalue weighted by molar-refractivity contribution is 0.414. The summed E-state index contributed by atoms with van der Waals surface area (Å²) < 4.78 is 1.46. The summed E-state index contributed by atoms with van der Waals surface area (Å²) in [4.78, 5) is 0. The zero-order chi connectivity index (χ0) is 17.8. The smallest absolute Gasteiger partial charge is 0.00189 e. The Balaban J connectivity index is 1.90. The lowest BCUT2D eigenvalue weighted by Crippen LogP contribution is -2.24. The number of hydrogen-bond acceptors (Lipinski definition) is 0. The number of benzene rings is 2. The van der Waals surface area contributed by atoms with Gasteiger partial charge in [0.15, 0.2) is 0 Å². The molecule has 2 aliphatic rings. The van der Waals surface area contributed by atoms with Crippen LogP contribution < -0.4 is 0 Å². The van der Waals surface area contributed by atoms with Crippen molar-refractivity contribution in [3.63, 3.8) is 0 Å². The zero-order valence-corrected chi connectivity index (χ0v) is 17.2. The van der Waals surface area contributed by atoms with Gasteiger partial charge in [0.05, 0.1) is 0 Å². The van der Waals surface area contributed by atoms with Crippen molar-refractivity contribution in [2.45, 2.75) is 32.6 Å². The maximum Gasteiger partial charge on any atom is -0.00189 e. The van der Waals surface area contributed by atoms with Crippen LogP contribution in [0.2, 0.25) is 0 Å². The molecule has 0 saturated heterocycles. The molecule has 1 unspecified atom stereocenters. The number of fused-ring (bicyclic) bond motifs is 3. The molecule has 0 N–H and O–H groups in total. The Hall–Kier alpha value is -1.61. The monoisotopic (exact) mass is 438 g/mol. The van der Waals surface area contributed by atoms with Crippen LogP contribution in [0.15, 0.2) is 58.7 Å². The SMILES string of the molecule is C=Cc1c(C)cccc1-c1ccc2c(c1)C(C)(C)C1CC(I)=CC=C21. The molecule has 0 heterocycles. The van der Waals surface area contributed by atoms with Crippen LogP contribution >= 0.6 is 22.6 Å². The highest BCUT2D eigenvalue weighted by Crippen LogP contribution is 2.55. The van der Waals surface area contributed by atoms with Crippen molar-refractivity contribution in [1.82, 2.24) is 0 Å². The normalized spacial score (nSPS) is 20.4. The topological polar surface area (TPSA) is 0 Å². The van der Waals surface area contributed by atoms with Crippen molar-refractivity contribution < 1.29 is 0 Å². The summed E-state index contributed by atoms with van der Waals surface area (Å²) >= 11 is 2.48. The highest BCUT2D eigenvalue weighted by molar-refractivity contribution is 14.1. The summed E-state index contributed by atoms with van der Waals surface area (Å²) in [6, 6.07) is 13.5. The first kappa shape index (κ1) is 16.8. The predicted molar refractivity (Wildman–Crippen MR) is 118 cm³/mol. The minimum Gasteiger partial charge on any atom is -0.0984 e. The van der Waals surface area contributed by atoms with Crippen LogP contribution in [-0.2, 0) is 5.41 Å². The Kier molecular flexibility index (Phi) is 4.03. The van der Waals surface area contributed by atoms with E-state index in [2.05, 4.69) is 98.5 Å². The molecular formula is C24H23I. The number of rotatable bonds is 2. The van der Waals surface area contributed by atoms with Crippen molar-refractivity contribution in [2.75, 3.05) is 0 Å². The molecule has 0 aromatic heterocycles. The molecule has 2 aliphatic carbocycles. The molecule has 1 heteroatoms. The Morgan fingerprint density at radius 3 is 2.68 bits per heavy atom. The molecule has 0 amide bonds. The molecule has 0 aliphatic heterocycles. The van der Waals surface area contributed by atoms with Crippen molar-refractivity contribution in [2.24, 2.45) is 5.92 Å². The van der Waals surface area contributed by atoms with E-state index in [0.29, 0.717) is 5.92 Å². The summed E-state index contributed by atoms with van der Waals surface area (Å²) in [6.45, 7) is 11.0. The van der Waals surface area contributed by atoms with Gasteiger partial charge in [-0.25, -0.2) is 0 Å². The first-order chi connectivity index (χ1) is 11.9. The van der Waals surface area contributed by atoms with Crippen LogP contribution in [0.4, 0.5) is 0 Å². The van der Waals surface area contributed by atoms with E-state index >= 15 is 0 Å². The molecule has 0 radical (unpaired) electrons. The van der Waals surface area contributed by atoms with E-state index in [1.165, 1.54) is 42.5 Å². The molecule has 126 valence electrons. The molecule has 2 aromatic carbocycles. The second-order valence-electron chi connectivity index (χ2n) is 7.71. The van der Waals surface area contributed by atoms with E-state index < -0.39 is 0 Å². The molecule has 0 fully saturated rings. The second-order valence-corrected chi connectivity index (χ2v) is 9.10. The third-order valence-corrected chi connectivity index (χ3v) is 6.75. The van der Waals surface area contributed by atoms with Crippen molar-refractivity contribution >= 4 is 34.2 Å². The summed E-state index contributed by atoms with van der Waals surface area (Å²) in [7, 11) is 0. The quantitative estimate of drug-likeness (QED) is 0.431. The molecule has 0 nitrogen and oxygen atoms in total. The van der Waals surface area contributed by atoms with Crippen LogP contribution in [0.5, 0.6) is 0 Å². The van der Waals surface area contributed by atoms with Gasteiger partial charge in [-0.3, -0.25) is 0 Å². The lowest BCUT2D eigenvalue weighted by atomic mass is 9.74. The molecule has 1 atom stereocenters. The van der Waals surface area contributed by atoms with Crippen molar-refractivity contribution in [3.05, 3.63) is 81.0 Å². The average molecular weight is 438 g/mol. The molecule has 0 bridgehead atoms. The van der Waals surface area contributed by atoms with Gasteiger partial charge in [0, 0.05) is 0 Å². The lowest BCUT2D eigenvalue weighted by Gasteiger charge is -2.30. The van der Waals surface area contributed by atoms with E-state index in [1.807, 2.05) is 6.08 Å². The van der Waals surface area contributed by atoms with Gasteiger partial charge in [0.1, 0.15) is 0 Å². The summed E-state index contributed by atoms with van der Waals surface area (Å²) in [5, 5.41) is 0. The zero-order valence-electron chi connectivity index (χ0n) is 15.1. The summed E-state index contributed by atoms with van der Waals surface area (Å²) in [6.07, 6.45) is 7.76. The van der Waals surface area contributed by atoms with Crippen LogP contribution in [-0.4, -0.2) is 0 Å². The number of allylic oxidation sites excluding steroid dienone is 4. The van der Waals surface area contributed by atoms with Crippen LogP contribution in [0.1, 0.15) is 42.5 Å². The Labute approximate surface area is 164 Å². The van der Waals surface area contributed by atoms with E-state index in [9.17, 15) is 0 Å². The van der Waals surface area contributed by atoms with Crippen LogP contribution in [0, 0.1) is 12.8 Å². The molecule has 2 aromatic rings. The van der Waals surface area contributed by atoms with Gasteiger partial charge >= 0.3 is 0 Å². The third kappa shape index (κ3) is 2.55. The fourth-order valence-corrected chi connectivity index (χ4v) is 5.10. The maximum absolute atomic E-state index is 4.03. The third-order valence-electron chi connectivity index (χ3n) is 5.95. The van der Waals surface area contributed by atoms with Crippen molar-refractivity contribution in [3.8, 4) is 11.1 Å². The van der Waals surface area contributed by atoms with Gasteiger partial charge < -0.3 is 0 Å². The summed E-state index contributed by atoms with van der Waals surface area (Å²) in [5.41, 5.74) is 9.70. The van der Waals surface area contributed by atoms with Crippen molar-refractivity contribution in [1.29, 1.82) is 0 Å².